The Morgan fingerprint density at radius 1 is 1.15 bits per heavy atom. The number of unbranched alkanes of at least 4 members (excludes halogenated alkanes) is 1. The Hall–Kier alpha value is -1.78. The van der Waals surface area contributed by atoms with E-state index in [0.717, 1.165) is 12.8 Å². The SMILES string of the molecule is CCCCOc1c(OCC)cc(-c2cc(C)[nH]c(=O)c2C#N)c(Br)c1Br. The van der Waals surface area contributed by atoms with E-state index in [1.807, 2.05) is 13.0 Å². The highest BCUT2D eigenvalue weighted by Crippen LogP contribution is 2.46. The molecular weight excluding hydrogens is 464 g/mol. The molecule has 1 aromatic heterocycles. The van der Waals surface area contributed by atoms with Gasteiger partial charge in [-0.2, -0.15) is 5.26 Å². The van der Waals surface area contributed by atoms with Gasteiger partial charge in [0.1, 0.15) is 11.6 Å². The first-order chi connectivity index (χ1) is 12.4. The third kappa shape index (κ3) is 4.30. The van der Waals surface area contributed by atoms with E-state index in [9.17, 15) is 10.1 Å². The average molecular weight is 484 g/mol. The molecule has 0 radical (unpaired) electrons. The van der Waals surface area contributed by atoms with E-state index in [1.54, 1.807) is 19.1 Å². The van der Waals surface area contributed by atoms with Gasteiger partial charge in [0, 0.05) is 21.3 Å². The molecule has 0 saturated carbocycles. The van der Waals surface area contributed by atoms with Gasteiger partial charge < -0.3 is 14.5 Å². The molecule has 1 heterocycles. The van der Waals surface area contributed by atoms with Crippen LogP contribution >= 0.6 is 31.9 Å². The average Bonchev–Trinajstić information content (AvgIpc) is 2.60. The third-order valence-corrected chi connectivity index (χ3v) is 5.85. The van der Waals surface area contributed by atoms with Crippen LogP contribution in [0.4, 0.5) is 0 Å². The van der Waals surface area contributed by atoms with Gasteiger partial charge in [-0.15, -0.1) is 0 Å². The molecule has 0 fully saturated rings. The number of aryl methyl sites for hydroxylation is 1. The van der Waals surface area contributed by atoms with Crippen molar-refractivity contribution in [3.63, 3.8) is 0 Å². The number of nitrogens with zero attached hydrogens (tertiary/aromatic N) is 1. The van der Waals surface area contributed by atoms with E-state index in [4.69, 9.17) is 9.47 Å². The maximum Gasteiger partial charge on any atom is 0.266 e. The first-order valence-corrected chi connectivity index (χ1v) is 9.95. The van der Waals surface area contributed by atoms with Gasteiger partial charge in [-0.25, -0.2) is 0 Å². The molecule has 26 heavy (non-hydrogen) atoms. The number of aromatic amines is 1. The number of nitrogens with one attached hydrogen (secondary N) is 1. The van der Waals surface area contributed by atoms with Crippen molar-refractivity contribution >= 4 is 31.9 Å². The molecule has 0 bridgehead atoms. The van der Waals surface area contributed by atoms with Crippen LogP contribution in [0.1, 0.15) is 37.9 Å². The number of ether oxygens (including phenoxy) is 2. The highest BCUT2D eigenvalue weighted by atomic mass is 79.9. The molecule has 0 spiro atoms. The normalized spacial score (nSPS) is 10.5. The smallest absolute Gasteiger partial charge is 0.266 e. The summed E-state index contributed by atoms with van der Waals surface area (Å²) < 4.78 is 13.1. The molecule has 0 aliphatic carbocycles. The summed E-state index contributed by atoms with van der Waals surface area (Å²) in [5.41, 5.74) is 1.56. The van der Waals surface area contributed by atoms with Crippen molar-refractivity contribution in [2.45, 2.75) is 33.6 Å². The molecule has 1 N–H and O–H groups in total. The zero-order valence-corrected chi connectivity index (χ0v) is 18.1. The molecule has 5 nitrogen and oxygen atoms in total. The lowest BCUT2D eigenvalue weighted by Gasteiger charge is -2.18. The van der Waals surface area contributed by atoms with Crippen LogP contribution in [0.3, 0.4) is 0 Å². The molecule has 0 aliphatic rings. The second-order valence-electron chi connectivity index (χ2n) is 5.70. The monoisotopic (exact) mass is 482 g/mol. The second-order valence-corrected chi connectivity index (χ2v) is 7.28. The molecule has 0 saturated heterocycles. The Bertz CT molecular complexity index is 901. The number of halogens is 2. The summed E-state index contributed by atoms with van der Waals surface area (Å²) in [5, 5.41) is 9.43. The summed E-state index contributed by atoms with van der Waals surface area (Å²) in [6, 6.07) is 5.57. The highest BCUT2D eigenvalue weighted by molar-refractivity contribution is 9.13. The maximum atomic E-state index is 12.2. The quantitative estimate of drug-likeness (QED) is 0.540. The predicted octanol–water partition coefficient (Wildman–Crippen LogP) is 5.32. The number of pyridine rings is 1. The van der Waals surface area contributed by atoms with Gasteiger partial charge in [0.05, 0.1) is 17.7 Å². The Labute approximate surface area is 169 Å². The standard InChI is InChI=1S/C19H20Br2N2O3/c1-4-6-7-26-18-15(25-5-2)9-13(16(20)17(18)21)12-8-11(3)23-19(24)14(12)10-22/h8-9H,4-7H2,1-3H3,(H,23,24). The minimum atomic E-state index is -0.410. The van der Waals surface area contributed by atoms with Crippen molar-refractivity contribution in [2.24, 2.45) is 0 Å². The molecule has 0 aliphatic heterocycles. The Kier molecular flexibility index (Phi) is 7.30. The third-order valence-electron chi connectivity index (χ3n) is 3.74. The fourth-order valence-corrected chi connectivity index (χ4v) is 3.54. The number of rotatable bonds is 7. The van der Waals surface area contributed by atoms with E-state index in [0.29, 0.717) is 50.5 Å². The van der Waals surface area contributed by atoms with Crippen LogP contribution in [-0.2, 0) is 0 Å². The lowest BCUT2D eigenvalue weighted by atomic mass is 10.0. The molecular formula is C19H20Br2N2O3. The minimum Gasteiger partial charge on any atom is -0.490 e. The first kappa shape index (κ1) is 20.5. The Morgan fingerprint density at radius 2 is 1.88 bits per heavy atom. The van der Waals surface area contributed by atoms with Gasteiger partial charge in [-0.05, 0) is 64.3 Å². The van der Waals surface area contributed by atoms with Gasteiger partial charge in [0.15, 0.2) is 11.5 Å². The van der Waals surface area contributed by atoms with E-state index in [1.165, 1.54) is 0 Å². The molecule has 138 valence electrons. The van der Waals surface area contributed by atoms with Gasteiger partial charge >= 0.3 is 0 Å². The summed E-state index contributed by atoms with van der Waals surface area (Å²) >= 11 is 7.13. The molecule has 0 amide bonds. The van der Waals surface area contributed by atoms with Crippen molar-refractivity contribution < 1.29 is 9.47 Å². The van der Waals surface area contributed by atoms with Crippen LogP contribution < -0.4 is 15.0 Å². The van der Waals surface area contributed by atoms with Crippen molar-refractivity contribution in [2.75, 3.05) is 13.2 Å². The van der Waals surface area contributed by atoms with Crippen LogP contribution in [0.2, 0.25) is 0 Å². The van der Waals surface area contributed by atoms with Crippen LogP contribution in [0.5, 0.6) is 11.5 Å². The van der Waals surface area contributed by atoms with Gasteiger partial charge in [-0.3, -0.25) is 4.79 Å². The van der Waals surface area contributed by atoms with Crippen LogP contribution in [0.15, 0.2) is 25.9 Å². The Morgan fingerprint density at radius 3 is 2.50 bits per heavy atom. The Balaban J connectivity index is 2.69. The molecule has 2 aromatic rings. The van der Waals surface area contributed by atoms with E-state index in [2.05, 4.69) is 43.8 Å². The van der Waals surface area contributed by atoms with Crippen LogP contribution in [-0.4, -0.2) is 18.2 Å². The van der Waals surface area contributed by atoms with Crippen LogP contribution in [0.25, 0.3) is 11.1 Å². The fraction of sp³-hybridized carbons (Fsp3) is 0.368. The van der Waals surface area contributed by atoms with E-state index in [-0.39, 0.29) is 5.56 Å². The van der Waals surface area contributed by atoms with Crippen molar-refractivity contribution in [1.29, 1.82) is 5.26 Å². The van der Waals surface area contributed by atoms with Crippen molar-refractivity contribution in [3.8, 4) is 28.7 Å². The first-order valence-electron chi connectivity index (χ1n) is 8.36. The van der Waals surface area contributed by atoms with E-state index < -0.39 is 5.56 Å². The van der Waals surface area contributed by atoms with Gasteiger partial charge in [0.2, 0.25) is 0 Å². The second kappa shape index (κ2) is 9.24. The topological polar surface area (TPSA) is 75.1 Å². The molecule has 7 heteroatoms. The number of benzene rings is 1. The highest BCUT2D eigenvalue weighted by Gasteiger charge is 2.21. The lowest BCUT2D eigenvalue weighted by molar-refractivity contribution is 0.271. The van der Waals surface area contributed by atoms with E-state index >= 15 is 0 Å². The minimum absolute atomic E-state index is 0.0605. The summed E-state index contributed by atoms with van der Waals surface area (Å²) in [7, 11) is 0. The molecule has 0 atom stereocenters. The predicted molar refractivity (Wildman–Crippen MR) is 109 cm³/mol. The van der Waals surface area contributed by atoms with Gasteiger partial charge in [0.25, 0.3) is 5.56 Å². The zero-order chi connectivity index (χ0) is 19.3. The molecule has 0 unspecified atom stereocenters. The number of hydrogen-bond acceptors (Lipinski definition) is 4. The number of hydrogen-bond donors (Lipinski definition) is 1. The number of aromatic nitrogens is 1. The summed E-state index contributed by atoms with van der Waals surface area (Å²) in [6.07, 6.45) is 1.96. The zero-order valence-electron chi connectivity index (χ0n) is 14.9. The number of H-pyrrole nitrogens is 1. The lowest BCUT2D eigenvalue weighted by Crippen LogP contribution is -2.13. The van der Waals surface area contributed by atoms with Crippen LogP contribution in [0, 0.1) is 18.3 Å². The molecule has 1 aromatic carbocycles. The van der Waals surface area contributed by atoms with Gasteiger partial charge in [-0.1, -0.05) is 13.3 Å². The number of nitriles is 1. The summed E-state index contributed by atoms with van der Waals surface area (Å²) in [5.74, 6) is 1.17. The fourth-order valence-electron chi connectivity index (χ4n) is 2.51. The summed E-state index contributed by atoms with van der Waals surface area (Å²) in [4.78, 5) is 14.8. The summed E-state index contributed by atoms with van der Waals surface area (Å²) in [6.45, 7) is 6.81. The molecule has 2 rings (SSSR count). The van der Waals surface area contributed by atoms with Crippen molar-refractivity contribution in [1.82, 2.24) is 4.98 Å². The maximum absolute atomic E-state index is 12.2. The van der Waals surface area contributed by atoms with Crippen molar-refractivity contribution in [3.05, 3.63) is 42.7 Å². The largest absolute Gasteiger partial charge is 0.490 e.